The maximum Gasteiger partial charge on any atom is 0.264 e. The monoisotopic (exact) mass is 585 g/mol. The third kappa shape index (κ3) is 8.61. The SMILES string of the molecule is O=S(=O)(O)CCCOCCCSC(SCCCO)=C1c2ccccc2N(Cc2ccccc2)c2ccccc21. The standard InChI is InChI=1S/C30H35NO5S3/c32-17-8-20-37-30(38-21-9-18-36-19-10-22-39(33,34)35)29-25-13-4-6-15-27(25)31(23-24-11-2-1-3-12-24)28-16-7-5-14-26(28)29/h1-7,11-16,32H,8-10,17-23H2,(H,33,34,35). The minimum atomic E-state index is -3.94. The van der Waals surface area contributed by atoms with Crippen molar-refractivity contribution in [3.63, 3.8) is 0 Å². The third-order valence-electron chi connectivity index (χ3n) is 6.21. The predicted octanol–water partition coefficient (Wildman–Crippen LogP) is 6.59. The van der Waals surface area contributed by atoms with Gasteiger partial charge in [0, 0.05) is 70.2 Å². The molecular weight excluding hydrogens is 551 g/mol. The molecule has 0 bridgehead atoms. The number of thioether (sulfide) groups is 2. The van der Waals surface area contributed by atoms with Crippen LogP contribution in [-0.4, -0.2) is 55.2 Å². The largest absolute Gasteiger partial charge is 0.396 e. The van der Waals surface area contributed by atoms with E-state index >= 15 is 0 Å². The summed E-state index contributed by atoms with van der Waals surface area (Å²) in [6, 6.07) is 27.7. The van der Waals surface area contributed by atoms with Gasteiger partial charge in [-0.2, -0.15) is 8.42 Å². The molecule has 39 heavy (non-hydrogen) atoms. The number of anilines is 2. The molecule has 9 heteroatoms. The normalized spacial score (nSPS) is 12.8. The summed E-state index contributed by atoms with van der Waals surface area (Å²) in [7, 11) is -3.94. The Balaban J connectivity index is 1.57. The molecule has 0 radical (unpaired) electrons. The minimum absolute atomic E-state index is 0.162. The fraction of sp³-hybridized carbons (Fsp3) is 0.333. The lowest BCUT2D eigenvalue weighted by molar-refractivity contribution is 0.136. The van der Waals surface area contributed by atoms with E-state index in [4.69, 9.17) is 9.29 Å². The third-order valence-corrected chi connectivity index (χ3v) is 9.64. The second-order valence-corrected chi connectivity index (χ2v) is 13.2. The van der Waals surface area contributed by atoms with E-state index in [1.54, 1.807) is 23.5 Å². The molecule has 4 rings (SSSR count). The van der Waals surface area contributed by atoms with Crippen molar-refractivity contribution in [2.75, 3.05) is 42.0 Å². The van der Waals surface area contributed by atoms with Gasteiger partial charge in [0.2, 0.25) is 0 Å². The van der Waals surface area contributed by atoms with Crippen molar-refractivity contribution in [2.45, 2.75) is 25.8 Å². The van der Waals surface area contributed by atoms with E-state index in [-0.39, 0.29) is 18.8 Å². The van der Waals surface area contributed by atoms with Crippen LogP contribution in [0.4, 0.5) is 11.4 Å². The molecule has 2 N–H and O–H groups in total. The van der Waals surface area contributed by atoms with E-state index in [0.717, 1.165) is 30.9 Å². The van der Waals surface area contributed by atoms with Crippen molar-refractivity contribution in [3.05, 3.63) is 99.8 Å². The van der Waals surface area contributed by atoms with Crippen LogP contribution in [0.1, 0.15) is 36.0 Å². The number of rotatable bonds is 15. The first-order valence-corrected chi connectivity index (χ1v) is 16.7. The van der Waals surface area contributed by atoms with Gasteiger partial charge in [-0.3, -0.25) is 4.55 Å². The van der Waals surface area contributed by atoms with Crippen LogP contribution in [0.5, 0.6) is 0 Å². The predicted molar refractivity (Wildman–Crippen MR) is 164 cm³/mol. The number of benzene rings is 3. The summed E-state index contributed by atoms with van der Waals surface area (Å²) in [5, 5.41) is 9.43. The quantitative estimate of drug-likeness (QED) is 0.153. The zero-order valence-electron chi connectivity index (χ0n) is 21.9. The molecule has 1 aliphatic rings. The first kappa shape index (κ1) is 29.7. The van der Waals surface area contributed by atoms with Crippen LogP contribution >= 0.6 is 23.5 Å². The topological polar surface area (TPSA) is 87.1 Å². The first-order chi connectivity index (χ1) is 19.0. The summed E-state index contributed by atoms with van der Waals surface area (Å²) in [6.45, 7) is 1.77. The van der Waals surface area contributed by atoms with Gasteiger partial charge in [-0.15, -0.1) is 23.5 Å². The fourth-order valence-corrected chi connectivity index (χ4v) is 7.41. The van der Waals surface area contributed by atoms with E-state index in [0.29, 0.717) is 13.2 Å². The molecule has 0 amide bonds. The highest BCUT2D eigenvalue weighted by Crippen LogP contribution is 2.50. The molecule has 0 fully saturated rings. The maximum atomic E-state index is 10.9. The van der Waals surface area contributed by atoms with Gasteiger partial charge in [0.15, 0.2) is 0 Å². The van der Waals surface area contributed by atoms with Crippen LogP contribution in [0, 0.1) is 0 Å². The Kier molecular flexibility index (Phi) is 11.4. The second-order valence-electron chi connectivity index (χ2n) is 9.15. The van der Waals surface area contributed by atoms with Crippen molar-refractivity contribution in [1.82, 2.24) is 0 Å². The van der Waals surface area contributed by atoms with E-state index in [2.05, 4.69) is 77.7 Å². The minimum Gasteiger partial charge on any atom is -0.396 e. The highest BCUT2D eigenvalue weighted by atomic mass is 32.2. The average Bonchev–Trinajstić information content (AvgIpc) is 2.94. The lowest BCUT2D eigenvalue weighted by Gasteiger charge is -2.35. The Morgan fingerprint density at radius 2 is 1.33 bits per heavy atom. The summed E-state index contributed by atoms with van der Waals surface area (Å²) in [6.07, 6.45) is 1.82. The van der Waals surface area contributed by atoms with Crippen LogP contribution in [0.2, 0.25) is 0 Å². The van der Waals surface area contributed by atoms with Gasteiger partial charge >= 0.3 is 0 Å². The molecule has 3 aromatic rings. The van der Waals surface area contributed by atoms with Gasteiger partial charge in [-0.05, 0) is 37.0 Å². The molecule has 3 aromatic carbocycles. The number of aliphatic hydroxyl groups excluding tert-OH is 1. The fourth-order valence-electron chi connectivity index (χ4n) is 4.46. The molecule has 0 atom stereocenters. The molecule has 0 saturated heterocycles. The van der Waals surface area contributed by atoms with Crippen molar-refractivity contribution in [1.29, 1.82) is 0 Å². The van der Waals surface area contributed by atoms with Crippen molar-refractivity contribution >= 4 is 50.6 Å². The van der Waals surface area contributed by atoms with Gasteiger partial charge in [0.25, 0.3) is 10.1 Å². The van der Waals surface area contributed by atoms with Crippen molar-refractivity contribution in [3.8, 4) is 0 Å². The molecule has 0 spiro atoms. The van der Waals surface area contributed by atoms with E-state index < -0.39 is 10.1 Å². The molecular formula is C30H35NO5S3. The Hall–Kier alpha value is -2.27. The summed E-state index contributed by atoms with van der Waals surface area (Å²) in [5.41, 5.74) is 7.24. The van der Waals surface area contributed by atoms with Gasteiger partial charge in [0.05, 0.1) is 5.75 Å². The van der Waals surface area contributed by atoms with Gasteiger partial charge in [-0.1, -0.05) is 66.7 Å². The number of hydrogen-bond donors (Lipinski definition) is 2. The number of para-hydroxylation sites is 2. The van der Waals surface area contributed by atoms with Gasteiger partial charge < -0.3 is 14.7 Å². The Labute approximate surface area is 240 Å². The Morgan fingerprint density at radius 1 is 0.769 bits per heavy atom. The van der Waals surface area contributed by atoms with Crippen molar-refractivity contribution in [2.24, 2.45) is 0 Å². The molecule has 0 saturated carbocycles. The highest BCUT2D eigenvalue weighted by molar-refractivity contribution is 8.22. The van der Waals surface area contributed by atoms with Crippen LogP contribution in [-0.2, 0) is 21.4 Å². The number of fused-ring (bicyclic) bond motifs is 2. The maximum absolute atomic E-state index is 10.9. The number of hydrogen-bond acceptors (Lipinski definition) is 7. The molecule has 1 heterocycles. The number of aliphatic hydroxyl groups is 1. The van der Waals surface area contributed by atoms with E-state index in [1.807, 2.05) is 6.07 Å². The summed E-state index contributed by atoms with van der Waals surface area (Å²) in [5.74, 6) is 1.40. The van der Waals surface area contributed by atoms with Gasteiger partial charge in [0.1, 0.15) is 0 Å². The molecule has 0 aromatic heterocycles. The van der Waals surface area contributed by atoms with Crippen LogP contribution in [0.15, 0.2) is 83.1 Å². The average molecular weight is 586 g/mol. The zero-order chi connectivity index (χ0) is 27.5. The lowest BCUT2D eigenvalue weighted by Crippen LogP contribution is -2.23. The first-order valence-electron chi connectivity index (χ1n) is 13.1. The van der Waals surface area contributed by atoms with Crippen LogP contribution in [0.25, 0.3) is 5.57 Å². The number of ether oxygens (including phenoxy) is 1. The Morgan fingerprint density at radius 3 is 1.95 bits per heavy atom. The molecule has 6 nitrogen and oxygen atoms in total. The molecule has 0 aliphatic carbocycles. The second kappa shape index (κ2) is 14.9. The summed E-state index contributed by atoms with van der Waals surface area (Å²) in [4.78, 5) is 2.39. The summed E-state index contributed by atoms with van der Waals surface area (Å²) < 4.78 is 37.4. The smallest absolute Gasteiger partial charge is 0.264 e. The molecule has 208 valence electrons. The Bertz CT molecular complexity index is 1300. The van der Waals surface area contributed by atoms with Gasteiger partial charge in [-0.25, -0.2) is 0 Å². The zero-order valence-corrected chi connectivity index (χ0v) is 24.3. The summed E-state index contributed by atoms with van der Waals surface area (Å²) >= 11 is 3.59. The highest BCUT2D eigenvalue weighted by Gasteiger charge is 2.28. The van der Waals surface area contributed by atoms with Crippen LogP contribution in [0.3, 0.4) is 0 Å². The lowest BCUT2D eigenvalue weighted by atomic mass is 9.91. The molecule has 1 aliphatic heterocycles. The van der Waals surface area contributed by atoms with E-state index in [9.17, 15) is 13.5 Å². The molecule has 0 unspecified atom stereocenters. The van der Waals surface area contributed by atoms with E-state index in [1.165, 1.54) is 37.9 Å². The number of nitrogens with zero attached hydrogens (tertiary/aromatic N) is 1. The van der Waals surface area contributed by atoms with Crippen molar-refractivity contribution < 1.29 is 22.8 Å². The van der Waals surface area contributed by atoms with Crippen LogP contribution < -0.4 is 4.90 Å².